The van der Waals surface area contributed by atoms with Gasteiger partial charge in [0.15, 0.2) is 0 Å². The number of hydrogen-bond donors (Lipinski definition) is 1. The third-order valence-electron chi connectivity index (χ3n) is 8.84. The Bertz CT molecular complexity index is 1110. The summed E-state index contributed by atoms with van der Waals surface area (Å²) in [6.07, 6.45) is 2.57. The lowest BCUT2D eigenvalue weighted by Crippen LogP contribution is -2.59. The van der Waals surface area contributed by atoms with Crippen LogP contribution >= 0.6 is 0 Å². The number of methoxy groups -OCH3 is 1. The van der Waals surface area contributed by atoms with E-state index < -0.39 is 41.1 Å². The Morgan fingerprint density at radius 2 is 1.97 bits per heavy atom. The molecule has 4 rings (SSSR count). The van der Waals surface area contributed by atoms with E-state index in [0.717, 1.165) is 0 Å². The number of anilines is 1. The molecule has 7 atom stereocenters. The quantitative estimate of drug-likeness (QED) is 0.338. The normalized spacial score (nSPS) is 31.8. The highest BCUT2D eigenvalue weighted by atomic mass is 16.6. The van der Waals surface area contributed by atoms with Crippen LogP contribution in [0.25, 0.3) is 0 Å². The van der Waals surface area contributed by atoms with Crippen molar-refractivity contribution in [2.75, 3.05) is 31.8 Å². The smallest absolute Gasteiger partial charge is 0.312 e. The largest absolute Gasteiger partial charge is 0.497 e. The van der Waals surface area contributed by atoms with Crippen LogP contribution in [-0.4, -0.2) is 77.9 Å². The molecule has 1 aromatic carbocycles. The maximum atomic E-state index is 14.7. The highest BCUT2D eigenvalue weighted by Crippen LogP contribution is 2.65. The standard InChI is InChI=1S/C30H42N2O7/c1-8-14-31(20-10-12-22(37-7)13-11-20)27(35)25-30-16-19(5)29(6,39-30)24(28(36)38-9-2)23(30)26(34)32(25)21(17-33)15-18(3)4/h8,10-13,18-19,21,23-25,33H,1,9,14-17H2,2-7H3/t19?,21-,23+,24+,25?,29-,30?/m1/s1. The lowest BCUT2D eigenvalue weighted by molar-refractivity contribution is -0.162. The molecule has 1 aromatic rings. The molecule has 1 N–H and O–H groups in total. The summed E-state index contributed by atoms with van der Waals surface area (Å²) in [4.78, 5) is 45.5. The number of likely N-dealkylation sites (tertiary alicyclic amines) is 1. The maximum absolute atomic E-state index is 14.7. The molecule has 3 heterocycles. The molecule has 0 radical (unpaired) electrons. The van der Waals surface area contributed by atoms with Gasteiger partial charge in [0.05, 0.1) is 37.9 Å². The second-order valence-corrected chi connectivity index (χ2v) is 11.6. The van der Waals surface area contributed by atoms with Crippen molar-refractivity contribution < 1.29 is 33.7 Å². The Morgan fingerprint density at radius 1 is 1.31 bits per heavy atom. The second kappa shape index (κ2) is 10.9. The summed E-state index contributed by atoms with van der Waals surface area (Å²) in [6, 6.07) is 5.46. The molecule has 0 saturated carbocycles. The summed E-state index contributed by atoms with van der Waals surface area (Å²) >= 11 is 0. The summed E-state index contributed by atoms with van der Waals surface area (Å²) in [5, 5.41) is 10.5. The molecule has 3 unspecified atom stereocenters. The van der Waals surface area contributed by atoms with Crippen molar-refractivity contribution in [1.29, 1.82) is 0 Å². The van der Waals surface area contributed by atoms with Crippen molar-refractivity contribution in [2.24, 2.45) is 23.7 Å². The molecule has 0 aromatic heterocycles. The van der Waals surface area contributed by atoms with Crippen LogP contribution in [0.15, 0.2) is 36.9 Å². The van der Waals surface area contributed by atoms with Gasteiger partial charge >= 0.3 is 5.97 Å². The number of nitrogens with zero attached hydrogens (tertiary/aromatic N) is 2. The average molecular weight is 543 g/mol. The first kappa shape index (κ1) is 29.1. The summed E-state index contributed by atoms with van der Waals surface area (Å²) in [7, 11) is 1.57. The van der Waals surface area contributed by atoms with Crippen LogP contribution in [0.3, 0.4) is 0 Å². The average Bonchev–Trinajstić information content (AvgIpc) is 3.42. The van der Waals surface area contributed by atoms with E-state index in [1.807, 2.05) is 27.7 Å². The van der Waals surface area contributed by atoms with E-state index in [-0.39, 0.29) is 43.4 Å². The van der Waals surface area contributed by atoms with E-state index >= 15 is 0 Å². The first-order valence-corrected chi connectivity index (χ1v) is 13.9. The van der Waals surface area contributed by atoms with Crippen LogP contribution in [0.1, 0.15) is 47.5 Å². The van der Waals surface area contributed by atoms with E-state index in [2.05, 4.69) is 6.58 Å². The molecule has 9 heteroatoms. The molecule has 2 bridgehead atoms. The molecule has 0 aliphatic carbocycles. The Labute approximate surface area is 231 Å². The minimum absolute atomic E-state index is 0.0993. The fraction of sp³-hybridized carbons (Fsp3) is 0.633. The van der Waals surface area contributed by atoms with Crippen molar-refractivity contribution in [3.8, 4) is 5.75 Å². The monoisotopic (exact) mass is 542 g/mol. The maximum Gasteiger partial charge on any atom is 0.312 e. The van der Waals surface area contributed by atoms with Gasteiger partial charge in [0.2, 0.25) is 5.91 Å². The molecule has 3 aliphatic heterocycles. The number of fused-ring (bicyclic) bond motifs is 1. The second-order valence-electron chi connectivity index (χ2n) is 11.6. The fourth-order valence-corrected chi connectivity index (χ4v) is 7.12. The molecular formula is C30H42N2O7. The van der Waals surface area contributed by atoms with Crippen molar-refractivity contribution in [2.45, 2.75) is 70.7 Å². The van der Waals surface area contributed by atoms with Gasteiger partial charge in [-0.15, -0.1) is 6.58 Å². The number of amides is 2. The summed E-state index contributed by atoms with van der Waals surface area (Å²) in [5.41, 5.74) is -1.56. The van der Waals surface area contributed by atoms with Gasteiger partial charge in [0.1, 0.15) is 23.3 Å². The van der Waals surface area contributed by atoms with E-state index in [1.54, 1.807) is 49.3 Å². The molecule has 3 aliphatic rings. The van der Waals surface area contributed by atoms with Gasteiger partial charge in [0.25, 0.3) is 5.91 Å². The Kier molecular flexibility index (Phi) is 8.15. The van der Waals surface area contributed by atoms with Crippen molar-refractivity contribution in [1.82, 2.24) is 4.90 Å². The number of carbonyl (C=O) groups excluding carboxylic acids is 3. The van der Waals surface area contributed by atoms with Crippen molar-refractivity contribution in [3.05, 3.63) is 36.9 Å². The van der Waals surface area contributed by atoms with E-state index in [0.29, 0.717) is 24.3 Å². The van der Waals surface area contributed by atoms with Gasteiger partial charge in [-0.3, -0.25) is 14.4 Å². The zero-order valence-electron chi connectivity index (χ0n) is 23.9. The van der Waals surface area contributed by atoms with Crippen LogP contribution < -0.4 is 9.64 Å². The van der Waals surface area contributed by atoms with Gasteiger partial charge in [-0.05, 0) is 62.8 Å². The highest BCUT2D eigenvalue weighted by Gasteiger charge is 2.80. The zero-order chi connectivity index (χ0) is 28.7. The number of benzene rings is 1. The first-order chi connectivity index (χ1) is 18.5. The highest BCUT2D eigenvalue weighted by molar-refractivity contribution is 6.05. The van der Waals surface area contributed by atoms with E-state index in [4.69, 9.17) is 14.2 Å². The molecule has 2 amide bonds. The lowest BCUT2D eigenvalue weighted by Gasteiger charge is -2.40. The molecule has 9 nitrogen and oxygen atoms in total. The Morgan fingerprint density at radius 3 is 2.51 bits per heavy atom. The van der Waals surface area contributed by atoms with Crippen molar-refractivity contribution in [3.63, 3.8) is 0 Å². The number of carbonyl (C=O) groups is 3. The predicted octanol–water partition coefficient (Wildman–Crippen LogP) is 3.20. The summed E-state index contributed by atoms with van der Waals surface area (Å²) in [6.45, 7) is 13.5. The lowest BCUT2D eigenvalue weighted by atomic mass is 9.62. The molecule has 1 spiro atoms. The molecule has 3 saturated heterocycles. The van der Waals surface area contributed by atoms with Gasteiger partial charge < -0.3 is 29.1 Å². The SMILES string of the molecule is C=CCN(C(=O)C1N([C@@H](CO)CC(C)C)C(=O)[C@@H]2[C@@H](C(=O)OCC)[C@]3(C)OC12CC3C)c1ccc(OC)cc1. The Balaban J connectivity index is 1.87. The number of esters is 1. The molecular weight excluding hydrogens is 500 g/mol. The van der Waals surface area contributed by atoms with E-state index in [1.165, 1.54) is 4.90 Å². The third kappa shape index (κ3) is 4.53. The van der Waals surface area contributed by atoms with Gasteiger partial charge in [0, 0.05) is 12.2 Å². The zero-order valence-corrected chi connectivity index (χ0v) is 23.9. The van der Waals surface area contributed by atoms with Crippen LogP contribution in [0.5, 0.6) is 5.75 Å². The number of rotatable bonds is 11. The fourth-order valence-electron chi connectivity index (χ4n) is 7.12. The van der Waals surface area contributed by atoms with Crippen LogP contribution in [0, 0.1) is 23.7 Å². The third-order valence-corrected chi connectivity index (χ3v) is 8.84. The molecule has 214 valence electrons. The predicted molar refractivity (Wildman–Crippen MR) is 146 cm³/mol. The van der Waals surface area contributed by atoms with Gasteiger partial charge in [-0.2, -0.15) is 0 Å². The van der Waals surface area contributed by atoms with Crippen LogP contribution in [0.4, 0.5) is 5.69 Å². The van der Waals surface area contributed by atoms with Crippen LogP contribution in [-0.2, 0) is 23.9 Å². The summed E-state index contributed by atoms with van der Waals surface area (Å²) < 4.78 is 17.5. The number of aliphatic hydroxyl groups is 1. The molecule has 39 heavy (non-hydrogen) atoms. The van der Waals surface area contributed by atoms with Gasteiger partial charge in [-0.25, -0.2) is 0 Å². The van der Waals surface area contributed by atoms with E-state index in [9.17, 15) is 19.5 Å². The number of aliphatic hydroxyl groups excluding tert-OH is 1. The Hall–Kier alpha value is -2.91. The van der Waals surface area contributed by atoms with Crippen molar-refractivity contribution >= 4 is 23.5 Å². The number of ether oxygens (including phenoxy) is 3. The van der Waals surface area contributed by atoms with Gasteiger partial charge in [-0.1, -0.05) is 26.8 Å². The minimum Gasteiger partial charge on any atom is -0.497 e. The minimum atomic E-state index is -1.23. The topological polar surface area (TPSA) is 106 Å². The number of hydrogen-bond acceptors (Lipinski definition) is 7. The summed E-state index contributed by atoms with van der Waals surface area (Å²) in [5.74, 6) is -2.18. The van der Waals surface area contributed by atoms with Crippen LogP contribution in [0.2, 0.25) is 0 Å². The first-order valence-electron chi connectivity index (χ1n) is 13.9. The molecule has 3 fully saturated rings.